The Labute approximate surface area is 189 Å². The monoisotopic (exact) mass is 468 g/mol. The molecule has 3 rings (SSSR count). The zero-order valence-electron chi connectivity index (χ0n) is 18.9. The number of nitrogens with zero attached hydrogens (tertiary/aromatic N) is 4. The number of fused-ring (bicyclic) bond motifs is 1. The number of thioether (sulfide) groups is 1. The second kappa shape index (κ2) is 9.89. The van der Waals surface area contributed by atoms with Crippen molar-refractivity contribution in [2.75, 3.05) is 31.9 Å². The van der Waals surface area contributed by atoms with Crippen LogP contribution in [0.2, 0.25) is 0 Å². The molecular weight excluding hydrogens is 436 g/mol. The maximum absolute atomic E-state index is 12.9. The highest BCUT2D eigenvalue weighted by Crippen LogP contribution is 2.27. The van der Waals surface area contributed by atoms with Gasteiger partial charge in [-0.3, -0.25) is 4.79 Å². The van der Waals surface area contributed by atoms with E-state index >= 15 is 0 Å². The van der Waals surface area contributed by atoms with Crippen molar-refractivity contribution < 1.29 is 17.9 Å². The standard InChI is InChI=1S/C21H32N4O4S2/c1-6-24(7-2)31(27,28)17-9-10-19-18(11-17)22-21(25(19)8-3)30-14-20(26)23-12-15(4)29-16(5)13-23/h9-11,15-16H,6-8,12-14H2,1-5H3. The Hall–Kier alpha value is -1.62. The molecule has 1 aliphatic rings. The number of imidazole rings is 1. The minimum absolute atomic E-state index is 0.0316. The molecule has 1 aliphatic heterocycles. The summed E-state index contributed by atoms with van der Waals surface area (Å²) < 4.78 is 34.9. The van der Waals surface area contributed by atoms with Gasteiger partial charge in [-0.15, -0.1) is 0 Å². The van der Waals surface area contributed by atoms with Crippen LogP contribution in [0.15, 0.2) is 28.3 Å². The first-order valence-corrected chi connectivity index (χ1v) is 13.2. The van der Waals surface area contributed by atoms with Gasteiger partial charge in [0.15, 0.2) is 5.16 Å². The van der Waals surface area contributed by atoms with Crippen LogP contribution in [0.4, 0.5) is 0 Å². The molecule has 2 unspecified atom stereocenters. The van der Waals surface area contributed by atoms with Crippen molar-refractivity contribution in [1.29, 1.82) is 0 Å². The van der Waals surface area contributed by atoms with Crippen molar-refractivity contribution in [3.8, 4) is 0 Å². The first-order valence-electron chi connectivity index (χ1n) is 10.8. The Balaban J connectivity index is 1.82. The predicted octanol–water partition coefficient (Wildman–Crippen LogP) is 2.81. The van der Waals surface area contributed by atoms with Crippen molar-refractivity contribution in [3.63, 3.8) is 0 Å². The molecule has 0 bridgehead atoms. The minimum Gasteiger partial charge on any atom is -0.372 e. The van der Waals surface area contributed by atoms with Crippen molar-refractivity contribution in [2.24, 2.45) is 0 Å². The molecule has 2 aromatic rings. The van der Waals surface area contributed by atoms with Crippen LogP contribution < -0.4 is 0 Å². The SMILES string of the molecule is CCN(CC)S(=O)(=O)c1ccc2c(c1)nc(SCC(=O)N1CC(C)OC(C)C1)n2CC. The summed E-state index contributed by atoms with van der Waals surface area (Å²) >= 11 is 1.39. The van der Waals surface area contributed by atoms with Crippen LogP contribution in [0.5, 0.6) is 0 Å². The lowest BCUT2D eigenvalue weighted by Crippen LogP contribution is -2.48. The fourth-order valence-corrected chi connectivity index (χ4v) is 6.44. The summed E-state index contributed by atoms with van der Waals surface area (Å²) in [6, 6.07) is 5.08. The number of rotatable bonds is 8. The van der Waals surface area contributed by atoms with Gasteiger partial charge in [0.2, 0.25) is 15.9 Å². The molecule has 10 heteroatoms. The Bertz CT molecular complexity index is 1020. The second-order valence-corrected chi connectivity index (χ2v) is 10.6. The van der Waals surface area contributed by atoms with Crippen molar-refractivity contribution in [2.45, 2.75) is 63.4 Å². The van der Waals surface area contributed by atoms with E-state index in [0.717, 1.165) is 10.7 Å². The van der Waals surface area contributed by atoms with E-state index in [1.165, 1.54) is 16.1 Å². The van der Waals surface area contributed by atoms with Gasteiger partial charge in [-0.2, -0.15) is 4.31 Å². The number of carbonyl (C=O) groups is 1. The lowest BCUT2D eigenvalue weighted by atomic mass is 10.2. The highest BCUT2D eigenvalue weighted by molar-refractivity contribution is 7.99. The molecule has 31 heavy (non-hydrogen) atoms. The van der Waals surface area contributed by atoms with Gasteiger partial charge in [0.1, 0.15) is 0 Å². The number of sulfonamides is 1. The first kappa shape index (κ1) is 24.0. The number of morpholine rings is 1. The third-order valence-electron chi connectivity index (χ3n) is 5.44. The topological polar surface area (TPSA) is 84.7 Å². The number of hydrogen-bond acceptors (Lipinski definition) is 6. The third kappa shape index (κ3) is 5.08. The van der Waals surface area contributed by atoms with Crippen LogP contribution in [-0.4, -0.2) is 77.2 Å². The molecule has 2 heterocycles. The molecule has 1 amide bonds. The average molecular weight is 469 g/mol. The summed E-state index contributed by atoms with van der Waals surface area (Å²) in [7, 11) is -3.55. The quantitative estimate of drug-likeness (QED) is 0.554. The Kier molecular flexibility index (Phi) is 7.67. The normalized spacial score (nSPS) is 20.0. The zero-order valence-corrected chi connectivity index (χ0v) is 20.5. The van der Waals surface area contributed by atoms with Crippen LogP contribution in [-0.2, 0) is 26.1 Å². The van der Waals surface area contributed by atoms with Gasteiger partial charge in [-0.25, -0.2) is 13.4 Å². The highest BCUT2D eigenvalue weighted by atomic mass is 32.2. The average Bonchev–Trinajstić information content (AvgIpc) is 3.08. The van der Waals surface area contributed by atoms with E-state index in [1.54, 1.807) is 18.2 Å². The number of aromatic nitrogens is 2. The molecule has 1 aromatic carbocycles. The van der Waals surface area contributed by atoms with E-state index in [4.69, 9.17) is 4.74 Å². The summed E-state index contributed by atoms with van der Waals surface area (Å²) in [5.41, 5.74) is 1.49. The van der Waals surface area contributed by atoms with Gasteiger partial charge in [0.25, 0.3) is 0 Å². The van der Waals surface area contributed by atoms with Gasteiger partial charge in [-0.05, 0) is 39.0 Å². The maximum atomic E-state index is 12.9. The lowest BCUT2D eigenvalue weighted by molar-refractivity contribution is -0.140. The second-order valence-electron chi connectivity index (χ2n) is 7.72. The lowest BCUT2D eigenvalue weighted by Gasteiger charge is -2.35. The van der Waals surface area contributed by atoms with Crippen molar-refractivity contribution in [1.82, 2.24) is 18.8 Å². The summed E-state index contributed by atoms with van der Waals surface area (Å²) in [4.78, 5) is 19.5. The van der Waals surface area contributed by atoms with E-state index in [0.29, 0.717) is 38.2 Å². The first-order chi connectivity index (χ1) is 14.7. The number of benzene rings is 1. The molecule has 0 aliphatic carbocycles. The van der Waals surface area contributed by atoms with Gasteiger partial charge < -0.3 is 14.2 Å². The molecule has 8 nitrogen and oxygen atoms in total. The molecule has 0 saturated carbocycles. The zero-order chi connectivity index (χ0) is 22.8. The summed E-state index contributed by atoms with van der Waals surface area (Å²) in [5.74, 6) is 0.347. The summed E-state index contributed by atoms with van der Waals surface area (Å²) in [5, 5.41) is 0.720. The van der Waals surface area contributed by atoms with Crippen molar-refractivity contribution in [3.05, 3.63) is 18.2 Å². The molecule has 172 valence electrons. The molecule has 0 N–H and O–H groups in total. The molecular formula is C21H32N4O4S2. The minimum atomic E-state index is -3.55. The fourth-order valence-electron chi connectivity index (χ4n) is 3.98. The van der Waals surface area contributed by atoms with Crippen LogP contribution >= 0.6 is 11.8 Å². The Morgan fingerprint density at radius 2 is 1.84 bits per heavy atom. The van der Waals surface area contributed by atoms with E-state index in [1.807, 2.05) is 44.1 Å². The molecule has 1 aromatic heterocycles. The molecule has 0 radical (unpaired) electrons. The molecule has 2 atom stereocenters. The van der Waals surface area contributed by atoms with E-state index in [2.05, 4.69) is 4.98 Å². The predicted molar refractivity (Wildman–Crippen MR) is 123 cm³/mol. The Morgan fingerprint density at radius 1 is 1.19 bits per heavy atom. The smallest absolute Gasteiger partial charge is 0.243 e. The number of hydrogen-bond donors (Lipinski definition) is 0. The largest absolute Gasteiger partial charge is 0.372 e. The third-order valence-corrected chi connectivity index (χ3v) is 8.45. The highest BCUT2D eigenvalue weighted by Gasteiger charge is 2.27. The van der Waals surface area contributed by atoms with Crippen LogP contribution in [0.3, 0.4) is 0 Å². The Morgan fingerprint density at radius 3 is 2.42 bits per heavy atom. The van der Waals surface area contributed by atoms with Crippen molar-refractivity contribution >= 4 is 38.7 Å². The van der Waals surface area contributed by atoms with Crippen LogP contribution in [0.25, 0.3) is 11.0 Å². The summed E-state index contributed by atoms with van der Waals surface area (Å²) in [6.45, 7) is 12.3. The molecule has 1 fully saturated rings. The van der Waals surface area contributed by atoms with E-state index in [9.17, 15) is 13.2 Å². The van der Waals surface area contributed by atoms with Crippen LogP contribution in [0, 0.1) is 0 Å². The number of amides is 1. The van der Waals surface area contributed by atoms with E-state index in [-0.39, 0.29) is 28.8 Å². The fraction of sp³-hybridized carbons (Fsp3) is 0.619. The molecule has 1 saturated heterocycles. The van der Waals surface area contributed by atoms with Gasteiger partial charge in [-0.1, -0.05) is 25.6 Å². The summed E-state index contributed by atoms with van der Waals surface area (Å²) in [6.07, 6.45) is 0.0631. The van der Waals surface area contributed by atoms with Gasteiger partial charge in [0, 0.05) is 32.7 Å². The number of carbonyl (C=O) groups excluding carboxylic acids is 1. The number of aryl methyl sites for hydroxylation is 1. The number of ether oxygens (including phenoxy) is 1. The van der Waals surface area contributed by atoms with Gasteiger partial charge >= 0.3 is 0 Å². The van der Waals surface area contributed by atoms with Gasteiger partial charge in [0.05, 0.1) is 33.9 Å². The van der Waals surface area contributed by atoms with E-state index < -0.39 is 10.0 Å². The maximum Gasteiger partial charge on any atom is 0.243 e. The molecule has 0 spiro atoms. The van der Waals surface area contributed by atoms with Crippen LogP contribution in [0.1, 0.15) is 34.6 Å².